The minimum Gasteiger partial charge on any atom is -0.467 e. The maximum atomic E-state index is 12.3. The number of alkyl carbamates (subject to hydrolysis) is 1. The van der Waals surface area contributed by atoms with Crippen molar-refractivity contribution in [1.29, 1.82) is 0 Å². The normalized spacial score (nSPS) is 12.4. The second-order valence-electron chi connectivity index (χ2n) is 6.74. The summed E-state index contributed by atoms with van der Waals surface area (Å²) in [6, 6.07) is 7.42. The molecule has 0 heterocycles. The molecule has 0 fully saturated rings. The Balaban J connectivity index is 2.63. The third-order valence-corrected chi connectivity index (χ3v) is 4.27. The van der Waals surface area contributed by atoms with Gasteiger partial charge in [-0.3, -0.25) is 9.59 Å². The Bertz CT molecular complexity index is 677. The number of methoxy groups -OCH3 is 1. The second kappa shape index (κ2) is 13.3. The molecule has 0 saturated carbocycles. The molecule has 0 spiro atoms. The van der Waals surface area contributed by atoms with Gasteiger partial charge in [-0.2, -0.15) is 0 Å². The lowest BCUT2D eigenvalue weighted by molar-refractivity contribution is -0.148. The van der Waals surface area contributed by atoms with Crippen molar-refractivity contribution >= 4 is 23.8 Å². The number of nitrogens with one attached hydrogen (secondary N) is 2. The Morgan fingerprint density at radius 2 is 1.72 bits per heavy atom. The molecule has 1 rings (SSSR count). The van der Waals surface area contributed by atoms with E-state index in [0.29, 0.717) is 6.42 Å². The Kier molecular flexibility index (Phi) is 11.1. The molecule has 29 heavy (non-hydrogen) atoms. The first-order valence-electron chi connectivity index (χ1n) is 9.72. The maximum Gasteiger partial charge on any atom is 0.407 e. The molecule has 0 saturated heterocycles. The summed E-state index contributed by atoms with van der Waals surface area (Å²) in [7, 11) is 1.14. The molecule has 8 heteroatoms. The fraction of sp³-hybridized carbons (Fsp3) is 0.524. The molecule has 160 valence electrons. The largest absolute Gasteiger partial charge is 0.467 e. The van der Waals surface area contributed by atoms with Crippen LogP contribution in [0.2, 0.25) is 0 Å². The molecule has 0 aliphatic carbocycles. The molecule has 8 nitrogen and oxygen atoms in total. The third kappa shape index (κ3) is 9.73. The van der Waals surface area contributed by atoms with Gasteiger partial charge in [0.05, 0.1) is 7.11 Å². The topological polar surface area (TPSA) is 111 Å². The van der Waals surface area contributed by atoms with E-state index < -0.39 is 35.8 Å². The predicted octanol–water partition coefficient (Wildman–Crippen LogP) is 2.50. The van der Waals surface area contributed by atoms with Crippen LogP contribution in [0.15, 0.2) is 30.3 Å². The number of ketones is 1. The lowest BCUT2D eigenvalue weighted by Gasteiger charge is -2.20. The van der Waals surface area contributed by atoms with E-state index in [1.165, 1.54) is 6.92 Å². The third-order valence-electron chi connectivity index (χ3n) is 4.27. The minimum absolute atomic E-state index is 0.0784. The van der Waals surface area contributed by atoms with Crippen molar-refractivity contribution in [3.63, 3.8) is 0 Å². The second-order valence-corrected chi connectivity index (χ2v) is 6.74. The van der Waals surface area contributed by atoms with Gasteiger partial charge in [-0.15, -0.1) is 0 Å². The summed E-state index contributed by atoms with van der Waals surface area (Å²) < 4.78 is 9.74. The van der Waals surface area contributed by atoms with Crippen LogP contribution in [0.5, 0.6) is 0 Å². The van der Waals surface area contributed by atoms with Crippen LogP contribution in [0.4, 0.5) is 4.79 Å². The monoisotopic (exact) mass is 406 g/mol. The molecule has 2 amide bonds. The SMILES string of the molecule is CCCCCC(CC(=O)NC(C(C)=O)C(=O)OC)NC(=O)OCc1ccccc1. The number of benzene rings is 1. The smallest absolute Gasteiger partial charge is 0.407 e. The first kappa shape index (κ1) is 24.1. The molecule has 1 aromatic carbocycles. The van der Waals surface area contributed by atoms with Crippen LogP contribution >= 0.6 is 0 Å². The number of carbonyl (C=O) groups excluding carboxylic acids is 4. The van der Waals surface area contributed by atoms with Gasteiger partial charge in [-0.05, 0) is 18.9 Å². The molecule has 0 aliphatic rings. The summed E-state index contributed by atoms with van der Waals surface area (Å²) in [6.45, 7) is 3.37. The summed E-state index contributed by atoms with van der Waals surface area (Å²) in [5.74, 6) is -1.88. The Labute approximate surface area is 171 Å². The first-order chi connectivity index (χ1) is 13.9. The van der Waals surface area contributed by atoms with E-state index in [-0.39, 0.29) is 13.0 Å². The van der Waals surface area contributed by atoms with E-state index in [4.69, 9.17) is 4.74 Å². The Morgan fingerprint density at radius 1 is 1.03 bits per heavy atom. The van der Waals surface area contributed by atoms with E-state index in [0.717, 1.165) is 31.9 Å². The van der Waals surface area contributed by atoms with Crippen LogP contribution in [-0.2, 0) is 30.5 Å². The molecular weight excluding hydrogens is 376 g/mol. The fourth-order valence-corrected chi connectivity index (χ4v) is 2.69. The van der Waals surface area contributed by atoms with Gasteiger partial charge in [0.25, 0.3) is 0 Å². The average molecular weight is 406 g/mol. The summed E-state index contributed by atoms with van der Waals surface area (Å²) in [5, 5.41) is 5.06. The standard InChI is InChI=1S/C21H30N2O6/c1-4-5-7-12-17(13-18(25)23-19(15(2)24)20(26)28-3)22-21(27)29-14-16-10-8-6-9-11-16/h6,8-11,17,19H,4-5,7,12-14H2,1-3H3,(H,22,27)(H,23,25). The van der Waals surface area contributed by atoms with Crippen molar-refractivity contribution in [1.82, 2.24) is 10.6 Å². The van der Waals surface area contributed by atoms with E-state index in [1.54, 1.807) is 0 Å². The van der Waals surface area contributed by atoms with Crippen LogP contribution in [-0.4, -0.2) is 42.9 Å². The molecule has 0 radical (unpaired) electrons. The summed E-state index contributed by atoms with van der Waals surface area (Å²) in [4.78, 5) is 47.7. The van der Waals surface area contributed by atoms with Crippen LogP contribution in [0.1, 0.15) is 51.5 Å². The highest BCUT2D eigenvalue weighted by atomic mass is 16.5. The number of esters is 1. The van der Waals surface area contributed by atoms with Crippen LogP contribution in [0.3, 0.4) is 0 Å². The van der Waals surface area contributed by atoms with Gasteiger partial charge in [0.15, 0.2) is 11.8 Å². The zero-order chi connectivity index (χ0) is 21.6. The molecule has 0 bridgehead atoms. The molecule has 2 atom stereocenters. The number of hydrogen-bond acceptors (Lipinski definition) is 6. The van der Waals surface area contributed by atoms with Crippen molar-refractivity contribution in [3.8, 4) is 0 Å². The van der Waals surface area contributed by atoms with Crippen LogP contribution in [0, 0.1) is 0 Å². The van der Waals surface area contributed by atoms with Gasteiger partial charge in [-0.1, -0.05) is 56.5 Å². The minimum atomic E-state index is -1.35. The van der Waals surface area contributed by atoms with Crippen LogP contribution in [0.25, 0.3) is 0 Å². The number of unbranched alkanes of at least 4 members (excludes halogenated alkanes) is 2. The number of hydrogen-bond donors (Lipinski definition) is 2. The lowest BCUT2D eigenvalue weighted by Crippen LogP contribution is -2.48. The van der Waals surface area contributed by atoms with Crippen molar-refractivity contribution in [2.75, 3.05) is 7.11 Å². The summed E-state index contributed by atoms with van der Waals surface area (Å²) in [6.07, 6.45) is 2.64. The van der Waals surface area contributed by atoms with Crippen molar-refractivity contribution in [2.45, 2.75) is 64.6 Å². The number of carbonyl (C=O) groups is 4. The molecule has 0 aromatic heterocycles. The predicted molar refractivity (Wildman–Crippen MR) is 107 cm³/mol. The quantitative estimate of drug-likeness (QED) is 0.313. The maximum absolute atomic E-state index is 12.3. The van der Waals surface area contributed by atoms with Gasteiger partial charge in [0.1, 0.15) is 6.61 Å². The van der Waals surface area contributed by atoms with Crippen molar-refractivity contribution < 1.29 is 28.7 Å². The van der Waals surface area contributed by atoms with E-state index in [2.05, 4.69) is 22.3 Å². The molecule has 2 N–H and O–H groups in total. The van der Waals surface area contributed by atoms with Crippen LogP contribution < -0.4 is 10.6 Å². The van der Waals surface area contributed by atoms with E-state index in [1.807, 2.05) is 30.3 Å². The van der Waals surface area contributed by atoms with Gasteiger partial charge < -0.3 is 20.1 Å². The average Bonchev–Trinajstić information content (AvgIpc) is 2.70. The zero-order valence-corrected chi connectivity index (χ0v) is 17.2. The highest BCUT2D eigenvalue weighted by molar-refractivity contribution is 6.04. The molecule has 2 unspecified atom stereocenters. The van der Waals surface area contributed by atoms with Gasteiger partial charge in [-0.25, -0.2) is 9.59 Å². The molecule has 1 aromatic rings. The van der Waals surface area contributed by atoms with Gasteiger partial charge in [0.2, 0.25) is 5.91 Å². The lowest BCUT2D eigenvalue weighted by atomic mass is 10.0. The molecular formula is C21H30N2O6. The summed E-state index contributed by atoms with van der Waals surface area (Å²) in [5.41, 5.74) is 0.852. The highest BCUT2D eigenvalue weighted by Crippen LogP contribution is 2.08. The first-order valence-corrected chi connectivity index (χ1v) is 9.72. The van der Waals surface area contributed by atoms with Crippen molar-refractivity contribution in [2.24, 2.45) is 0 Å². The number of ether oxygens (including phenoxy) is 2. The van der Waals surface area contributed by atoms with E-state index in [9.17, 15) is 19.2 Å². The van der Waals surface area contributed by atoms with Crippen molar-refractivity contribution in [3.05, 3.63) is 35.9 Å². The highest BCUT2D eigenvalue weighted by Gasteiger charge is 2.27. The molecule has 0 aliphatic heterocycles. The summed E-state index contributed by atoms with van der Waals surface area (Å²) >= 11 is 0. The number of Topliss-reactive ketones (excluding diaryl/α,β-unsaturated/α-hetero) is 1. The number of amides is 2. The number of rotatable bonds is 12. The Hall–Kier alpha value is -2.90. The zero-order valence-electron chi connectivity index (χ0n) is 17.2. The van der Waals surface area contributed by atoms with Gasteiger partial charge >= 0.3 is 12.1 Å². The van der Waals surface area contributed by atoms with Gasteiger partial charge in [0, 0.05) is 12.5 Å². The van der Waals surface area contributed by atoms with E-state index >= 15 is 0 Å². The Morgan fingerprint density at radius 3 is 2.31 bits per heavy atom. The fourth-order valence-electron chi connectivity index (χ4n) is 2.69.